The third kappa shape index (κ3) is 5.65. The van der Waals surface area contributed by atoms with Crippen LogP contribution in [0.3, 0.4) is 0 Å². The molecule has 6 heteroatoms. The molecule has 0 bridgehead atoms. The van der Waals surface area contributed by atoms with Gasteiger partial charge in [-0.15, -0.1) is 0 Å². The third-order valence-electron chi connectivity index (χ3n) is 5.32. The van der Waals surface area contributed by atoms with Crippen molar-refractivity contribution in [2.45, 2.75) is 26.3 Å². The molecule has 5 nitrogen and oxygen atoms in total. The molecule has 0 unspecified atom stereocenters. The number of hydrogen-bond donors (Lipinski definition) is 1. The van der Waals surface area contributed by atoms with Gasteiger partial charge in [0.25, 0.3) is 0 Å². The van der Waals surface area contributed by atoms with Crippen molar-refractivity contribution in [1.82, 2.24) is 4.98 Å². The van der Waals surface area contributed by atoms with E-state index in [1.807, 2.05) is 49.4 Å². The first-order valence-corrected chi connectivity index (χ1v) is 11.5. The normalized spacial score (nSPS) is 10.9. The number of nitrogens with zero attached hydrogens (tertiary/aromatic N) is 2. The van der Waals surface area contributed by atoms with Gasteiger partial charge in [-0.2, -0.15) is 0 Å². The van der Waals surface area contributed by atoms with Crippen LogP contribution in [0.4, 0.5) is 5.13 Å². The fourth-order valence-electron chi connectivity index (χ4n) is 3.60. The minimum atomic E-state index is -0.780. The smallest absolute Gasteiger partial charge is 0.303 e. The van der Waals surface area contributed by atoms with Crippen molar-refractivity contribution in [3.05, 3.63) is 89.5 Å². The number of aliphatic carboxylic acids is 1. The minimum absolute atomic E-state index is 0.137. The molecule has 32 heavy (non-hydrogen) atoms. The number of thiazole rings is 1. The molecule has 0 spiro atoms. The molecule has 0 aliphatic carbocycles. The lowest BCUT2D eigenvalue weighted by Crippen LogP contribution is -2.27. The second kappa shape index (κ2) is 10.3. The predicted molar refractivity (Wildman–Crippen MR) is 130 cm³/mol. The van der Waals surface area contributed by atoms with Gasteiger partial charge in [0.1, 0.15) is 12.4 Å². The summed E-state index contributed by atoms with van der Waals surface area (Å²) < 4.78 is 7.23. The number of benzene rings is 3. The molecule has 0 amide bonds. The number of aryl methyl sites for hydroxylation is 2. The monoisotopic (exact) mass is 446 g/mol. The van der Waals surface area contributed by atoms with Crippen LogP contribution in [0.5, 0.6) is 5.75 Å². The van der Waals surface area contributed by atoms with Gasteiger partial charge in [0, 0.05) is 13.0 Å². The van der Waals surface area contributed by atoms with E-state index in [-0.39, 0.29) is 6.42 Å². The predicted octanol–water partition coefficient (Wildman–Crippen LogP) is 5.71. The molecule has 164 valence electrons. The molecular formula is C26H26N2O3S. The molecule has 1 aromatic heterocycles. The Labute approximate surface area is 191 Å². The molecule has 3 aromatic carbocycles. The zero-order chi connectivity index (χ0) is 22.3. The Morgan fingerprint density at radius 2 is 1.84 bits per heavy atom. The van der Waals surface area contributed by atoms with E-state index >= 15 is 0 Å². The van der Waals surface area contributed by atoms with E-state index in [0.717, 1.165) is 34.1 Å². The van der Waals surface area contributed by atoms with Crippen LogP contribution in [0, 0.1) is 6.92 Å². The van der Waals surface area contributed by atoms with Crippen molar-refractivity contribution < 1.29 is 14.6 Å². The van der Waals surface area contributed by atoms with Crippen LogP contribution < -0.4 is 9.64 Å². The number of carboxylic acid groups (broad SMARTS) is 1. The minimum Gasteiger partial charge on any atom is -0.492 e. The van der Waals surface area contributed by atoms with Crippen molar-refractivity contribution in [1.29, 1.82) is 0 Å². The van der Waals surface area contributed by atoms with Gasteiger partial charge in [0.15, 0.2) is 5.13 Å². The summed E-state index contributed by atoms with van der Waals surface area (Å²) in [6, 6.07) is 24.4. The number of para-hydroxylation sites is 1. The number of ether oxygens (including phenoxy) is 1. The molecule has 0 aliphatic heterocycles. The Morgan fingerprint density at radius 3 is 2.59 bits per heavy atom. The zero-order valence-corrected chi connectivity index (χ0v) is 18.8. The molecular weight excluding hydrogens is 420 g/mol. The first kappa shape index (κ1) is 21.8. The second-order valence-corrected chi connectivity index (χ2v) is 8.71. The summed E-state index contributed by atoms with van der Waals surface area (Å²) >= 11 is 1.69. The van der Waals surface area contributed by atoms with Gasteiger partial charge in [0.05, 0.1) is 16.8 Å². The quantitative estimate of drug-likeness (QED) is 0.338. The molecule has 4 rings (SSSR count). The van der Waals surface area contributed by atoms with Crippen LogP contribution in [-0.2, 0) is 17.8 Å². The van der Waals surface area contributed by atoms with Crippen molar-refractivity contribution in [3.8, 4) is 5.75 Å². The lowest BCUT2D eigenvalue weighted by molar-refractivity contribution is -0.136. The molecule has 0 saturated carbocycles. The molecule has 0 fully saturated rings. The third-order valence-corrected chi connectivity index (χ3v) is 6.42. The number of fused-ring (bicyclic) bond motifs is 1. The molecule has 0 radical (unpaired) electrons. The van der Waals surface area contributed by atoms with Crippen LogP contribution in [0.1, 0.15) is 23.1 Å². The molecule has 1 heterocycles. The van der Waals surface area contributed by atoms with Crippen molar-refractivity contribution >= 4 is 32.7 Å². The largest absolute Gasteiger partial charge is 0.492 e. The van der Waals surface area contributed by atoms with Gasteiger partial charge in [0.2, 0.25) is 0 Å². The van der Waals surface area contributed by atoms with Crippen LogP contribution in [0.2, 0.25) is 0 Å². The zero-order valence-electron chi connectivity index (χ0n) is 18.0. The van der Waals surface area contributed by atoms with E-state index in [9.17, 15) is 4.79 Å². The fourth-order valence-corrected chi connectivity index (χ4v) is 4.59. The van der Waals surface area contributed by atoms with Crippen molar-refractivity contribution in [3.63, 3.8) is 0 Å². The Balaban J connectivity index is 1.44. The maximum atomic E-state index is 10.8. The summed E-state index contributed by atoms with van der Waals surface area (Å²) in [7, 11) is 0. The van der Waals surface area contributed by atoms with Gasteiger partial charge in [-0.1, -0.05) is 59.9 Å². The second-order valence-electron chi connectivity index (χ2n) is 7.70. The molecule has 4 aromatic rings. The van der Waals surface area contributed by atoms with Gasteiger partial charge < -0.3 is 14.7 Å². The highest BCUT2D eigenvalue weighted by molar-refractivity contribution is 7.22. The Bertz CT molecular complexity index is 1160. The first-order chi connectivity index (χ1) is 15.6. The summed E-state index contributed by atoms with van der Waals surface area (Å²) in [6.45, 7) is 3.98. The van der Waals surface area contributed by atoms with E-state index in [4.69, 9.17) is 14.8 Å². The molecule has 0 atom stereocenters. The Kier molecular flexibility index (Phi) is 7.02. The summed E-state index contributed by atoms with van der Waals surface area (Å²) in [4.78, 5) is 17.9. The van der Waals surface area contributed by atoms with Gasteiger partial charge in [-0.3, -0.25) is 4.79 Å². The SMILES string of the molecule is Cc1cc(OCCN(Cc2ccccc2)c2nc3ccccc3s2)ccc1CCC(=O)O. The topological polar surface area (TPSA) is 62.7 Å². The van der Waals surface area contributed by atoms with Crippen molar-refractivity contribution in [2.75, 3.05) is 18.1 Å². The average Bonchev–Trinajstić information content (AvgIpc) is 3.23. The number of carboxylic acids is 1. The standard InChI is InChI=1S/C26H26N2O3S/c1-19-17-22(13-11-21(19)12-14-25(29)30)31-16-15-28(18-20-7-3-2-4-8-20)26-27-23-9-5-6-10-24(23)32-26/h2-11,13,17H,12,14-16,18H2,1H3,(H,29,30). The van der Waals surface area contributed by atoms with Crippen LogP contribution in [0.25, 0.3) is 10.2 Å². The number of hydrogen-bond acceptors (Lipinski definition) is 5. The lowest BCUT2D eigenvalue weighted by atomic mass is 10.0. The van der Waals surface area contributed by atoms with Crippen molar-refractivity contribution in [2.24, 2.45) is 0 Å². The summed E-state index contributed by atoms with van der Waals surface area (Å²) in [5.41, 5.74) is 4.33. The Hall–Kier alpha value is -3.38. The molecule has 1 N–H and O–H groups in total. The summed E-state index contributed by atoms with van der Waals surface area (Å²) in [5, 5.41) is 9.89. The number of rotatable bonds is 10. The lowest BCUT2D eigenvalue weighted by Gasteiger charge is -2.22. The van der Waals surface area contributed by atoms with E-state index in [1.165, 1.54) is 10.3 Å². The Morgan fingerprint density at radius 1 is 1.06 bits per heavy atom. The van der Waals surface area contributed by atoms with Crippen LogP contribution >= 0.6 is 11.3 Å². The van der Waals surface area contributed by atoms with Crippen LogP contribution in [-0.4, -0.2) is 29.2 Å². The summed E-state index contributed by atoms with van der Waals surface area (Å²) in [5.74, 6) is 0.0172. The van der Waals surface area contributed by atoms with E-state index in [0.29, 0.717) is 19.6 Å². The van der Waals surface area contributed by atoms with Crippen LogP contribution in [0.15, 0.2) is 72.8 Å². The highest BCUT2D eigenvalue weighted by atomic mass is 32.1. The molecule has 0 saturated heterocycles. The highest BCUT2D eigenvalue weighted by Gasteiger charge is 2.13. The fraction of sp³-hybridized carbons (Fsp3) is 0.231. The van der Waals surface area contributed by atoms with Gasteiger partial charge in [-0.05, 0) is 54.3 Å². The van der Waals surface area contributed by atoms with Gasteiger partial charge in [-0.25, -0.2) is 4.98 Å². The number of aromatic nitrogens is 1. The number of anilines is 1. The van der Waals surface area contributed by atoms with E-state index < -0.39 is 5.97 Å². The average molecular weight is 447 g/mol. The van der Waals surface area contributed by atoms with Gasteiger partial charge >= 0.3 is 5.97 Å². The summed E-state index contributed by atoms with van der Waals surface area (Å²) in [6.07, 6.45) is 0.668. The first-order valence-electron chi connectivity index (χ1n) is 10.7. The van der Waals surface area contributed by atoms with E-state index in [1.54, 1.807) is 11.3 Å². The number of carbonyl (C=O) groups is 1. The molecule has 0 aliphatic rings. The van der Waals surface area contributed by atoms with E-state index in [2.05, 4.69) is 35.2 Å². The maximum absolute atomic E-state index is 10.8. The highest BCUT2D eigenvalue weighted by Crippen LogP contribution is 2.29. The maximum Gasteiger partial charge on any atom is 0.303 e.